The molecule has 0 saturated carbocycles. The van der Waals surface area contributed by atoms with Crippen molar-refractivity contribution in [2.24, 2.45) is 5.92 Å². The van der Waals surface area contributed by atoms with Crippen LogP contribution in [0.5, 0.6) is 0 Å². The van der Waals surface area contributed by atoms with Gasteiger partial charge in [-0.2, -0.15) is 0 Å². The fourth-order valence-corrected chi connectivity index (χ4v) is 5.43. The molecule has 1 aliphatic heterocycles. The molecule has 1 heterocycles. The Morgan fingerprint density at radius 2 is 1.45 bits per heavy atom. The van der Waals surface area contributed by atoms with Gasteiger partial charge < -0.3 is 15.3 Å². The molecule has 0 spiro atoms. The van der Waals surface area contributed by atoms with E-state index in [-0.39, 0.29) is 24.6 Å². The number of nitrogens with zero attached hydrogens (tertiary/aromatic N) is 1. The topological polar surface area (TPSA) is 52.6 Å². The molecular weight excluding hydrogens is 408 g/mol. The van der Waals surface area contributed by atoms with Gasteiger partial charge in [0.25, 0.3) is 0 Å². The molecule has 2 N–H and O–H groups in total. The largest absolute Gasteiger partial charge is 0.394 e. The highest BCUT2D eigenvalue weighted by Crippen LogP contribution is 2.31. The van der Waals surface area contributed by atoms with Crippen molar-refractivity contribution in [1.82, 2.24) is 5.32 Å². The lowest BCUT2D eigenvalue weighted by molar-refractivity contribution is -0.124. The van der Waals surface area contributed by atoms with E-state index in [1.165, 1.54) is 82.6 Å². The Kier molecular flexibility index (Phi) is 13.5. The molecule has 188 valence electrons. The molecule has 0 aliphatic carbocycles. The lowest BCUT2D eigenvalue weighted by Gasteiger charge is -2.39. The highest BCUT2D eigenvalue weighted by atomic mass is 16.3. The maximum absolute atomic E-state index is 13.5. The predicted molar refractivity (Wildman–Crippen MR) is 141 cm³/mol. The molecule has 0 aromatic heterocycles. The molecule has 4 nitrogen and oxygen atoms in total. The first-order valence-corrected chi connectivity index (χ1v) is 13.8. The summed E-state index contributed by atoms with van der Waals surface area (Å²) in [5.74, 6) is 0.436. The van der Waals surface area contributed by atoms with Crippen LogP contribution in [0.2, 0.25) is 0 Å². The summed E-state index contributed by atoms with van der Waals surface area (Å²) in [6.07, 6.45) is 18.3. The molecule has 2 atom stereocenters. The summed E-state index contributed by atoms with van der Waals surface area (Å²) in [6.45, 7) is 4.50. The summed E-state index contributed by atoms with van der Waals surface area (Å²) in [5, 5.41) is 13.1. The van der Waals surface area contributed by atoms with Crippen LogP contribution in [0.15, 0.2) is 24.3 Å². The maximum atomic E-state index is 13.5. The molecule has 33 heavy (non-hydrogen) atoms. The SMILES string of the molecule is CCCCCCCCC(CCCCCCCC)[C@H]1C(=O)N[C@H](CO)Cc2ccccc2N1C. The summed E-state index contributed by atoms with van der Waals surface area (Å²) >= 11 is 0. The molecule has 1 aliphatic rings. The third-order valence-electron chi connectivity index (χ3n) is 7.39. The molecule has 4 heteroatoms. The Balaban J connectivity index is 2.13. The second kappa shape index (κ2) is 16.1. The number of amides is 1. The van der Waals surface area contributed by atoms with Gasteiger partial charge in [0, 0.05) is 12.7 Å². The van der Waals surface area contributed by atoms with Gasteiger partial charge in [0.15, 0.2) is 0 Å². The lowest BCUT2D eigenvalue weighted by Crippen LogP contribution is -2.55. The van der Waals surface area contributed by atoms with Crippen LogP contribution in [-0.2, 0) is 11.2 Å². The molecule has 1 aromatic rings. The van der Waals surface area contributed by atoms with Gasteiger partial charge in [-0.1, -0.05) is 109 Å². The summed E-state index contributed by atoms with van der Waals surface area (Å²) in [6, 6.07) is 8.02. The van der Waals surface area contributed by atoms with Crippen LogP contribution >= 0.6 is 0 Å². The minimum atomic E-state index is -0.210. The molecule has 1 amide bonds. The number of likely N-dealkylation sites (N-methyl/N-ethyl adjacent to an activating group) is 1. The van der Waals surface area contributed by atoms with Crippen LogP contribution in [0.1, 0.15) is 109 Å². The van der Waals surface area contributed by atoms with Crippen molar-refractivity contribution in [3.8, 4) is 0 Å². The smallest absolute Gasteiger partial charge is 0.243 e. The number of carbonyl (C=O) groups is 1. The maximum Gasteiger partial charge on any atom is 0.243 e. The van der Waals surface area contributed by atoms with Gasteiger partial charge in [-0.15, -0.1) is 0 Å². The summed E-state index contributed by atoms with van der Waals surface area (Å²) in [5.41, 5.74) is 2.36. The Hall–Kier alpha value is -1.55. The number of carbonyl (C=O) groups excluding carboxylic acids is 1. The van der Waals surface area contributed by atoms with Crippen LogP contribution in [0.3, 0.4) is 0 Å². The highest BCUT2D eigenvalue weighted by molar-refractivity contribution is 5.86. The van der Waals surface area contributed by atoms with Gasteiger partial charge in [-0.05, 0) is 36.8 Å². The first-order chi connectivity index (χ1) is 16.1. The normalized spacial score (nSPS) is 18.7. The number of rotatable bonds is 16. The van der Waals surface area contributed by atoms with Crippen molar-refractivity contribution in [2.45, 2.75) is 122 Å². The Labute approximate surface area is 203 Å². The average Bonchev–Trinajstić information content (AvgIpc) is 2.82. The van der Waals surface area contributed by atoms with Crippen molar-refractivity contribution in [3.05, 3.63) is 29.8 Å². The molecule has 0 bridgehead atoms. The third-order valence-corrected chi connectivity index (χ3v) is 7.39. The van der Waals surface area contributed by atoms with Gasteiger partial charge in [-0.3, -0.25) is 4.79 Å². The van der Waals surface area contributed by atoms with E-state index in [2.05, 4.69) is 55.4 Å². The fourth-order valence-electron chi connectivity index (χ4n) is 5.43. The number of anilines is 1. The zero-order valence-corrected chi connectivity index (χ0v) is 21.7. The molecule has 0 fully saturated rings. The predicted octanol–water partition coefficient (Wildman–Crippen LogP) is 6.64. The van der Waals surface area contributed by atoms with Gasteiger partial charge in [0.1, 0.15) is 6.04 Å². The Bertz CT molecular complexity index is 647. The summed E-state index contributed by atoms with van der Waals surface area (Å²) < 4.78 is 0. The molecule has 0 unspecified atom stereocenters. The minimum Gasteiger partial charge on any atom is -0.394 e. The minimum absolute atomic E-state index is 0.0178. The van der Waals surface area contributed by atoms with Gasteiger partial charge in [0.05, 0.1) is 12.6 Å². The second-order valence-electron chi connectivity index (χ2n) is 10.1. The first kappa shape index (κ1) is 27.7. The molecule has 0 radical (unpaired) electrons. The van der Waals surface area contributed by atoms with Crippen molar-refractivity contribution < 1.29 is 9.90 Å². The summed E-state index contributed by atoms with van der Waals surface area (Å²) in [7, 11) is 2.10. The van der Waals surface area contributed by atoms with E-state index in [9.17, 15) is 9.90 Å². The van der Waals surface area contributed by atoms with Gasteiger partial charge in [0.2, 0.25) is 5.91 Å². The van der Waals surface area contributed by atoms with Crippen LogP contribution in [0.4, 0.5) is 5.69 Å². The Morgan fingerprint density at radius 1 is 0.909 bits per heavy atom. The fraction of sp³-hybridized carbons (Fsp3) is 0.759. The van der Waals surface area contributed by atoms with Crippen LogP contribution in [0, 0.1) is 5.92 Å². The monoisotopic (exact) mass is 458 g/mol. The zero-order valence-electron chi connectivity index (χ0n) is 21.7. The number of aliphatic hydroxyl groups is 1. The molecule has 0 saturated heterocycles. The zero-order chi connectivity index (χ0) is 23.9. The van der Waals surface area contributed by atoms with Crippen LogP contribution in [-0.4, -0.2) is 36.8 Å². The van der Waals surface area contributed by atoms with Crippen molar-refractivity contribution in [3.63, 3.8) is 0 Å². The first-order valence-electron chi connectivity index (χ1n) is 13.8. The van der Waals surface area contributed by atoms with Crippen molar-refractivity contribution >= 4 is 11.6 Å². The number of hydrogen-bond donors (Lipinski definition) is 2. The lowest BCUT2D eigenvalue weighted by atomic mass is 9.85. The number of benzene rings is 1. The number of fused-ring (bicyclic) bond motifs is 1. The number of hydrogen-bond acceptors (Lipinski definition) is 3. The van der Waals surface area contributed by atoms with E-state index in [4.69, 9.17) is 0 Å². The van der Waals surface area contributed by atoms with E-state index in [0.29, 0.717) is 12.3 Å². The number of nitrogens with one attached hydrogen (secondary N) is 1. The van der Waals surface area contributed by atoms with Crippen molar-refractivity contribution in [1.29, 1.82) is 0 Å². The van der Waals surface area contributed by atoms with E-state index in [1.54, 1.807) is 0 Å². The van der Waals surface area contributed by atoms with Crippen LogP contribution < -0.4 is 10.2 Å². The van der Waals surface area contributed by atoms with E-state index >= 15 is 0 Å². The van der Waals surface area contributed by atoms with Crippen LogP contribution in [0.25, 0.3) is 0 Å². The van der Waals surface area contributed by atoms with Gasteiger partial charge in [-0.25, -0.2) is 0 Å². The quantitative estimate of drug-likeness (QED) is 0.273. The van der Waals surface area contributed by atoms with E-state index in [1.807, 2.05) is 0 Å². The summed E-state index contributed by atoms with van der Waals surface area (Å²) in [4.78, 5) is 15.7. The third kappa shape index (κ3) is 9.31. The second-order valence-corrected chi connectivity index (χ2v) is 10.1. The van der Waals surface area contributed by atoms with Gasteiger partial charge >= 0.3 is 0 Å². The number of para-hydroxylation sites is 1. The number of aliphatic hydroxyl groups excluding tert-OH is 1. The standard InChI is InChI=1S/C29H50N2O2/c1-4-6-8-10-12-14-18-24(19-15-13-11-9-7-5-2)28-29(33)30-26(23-32)22-25-20-16-17-21-27(25)31(28)3/h16-17,20-21,24,26,28,32H,4-15,18-19,22-23H2,1-3H3,(H,30,33)/t26-,28-/m0/s1. The molecule has 1 aromatic carbocycles. The molecular formula is C29H50N2O2. The molecule has 2 rings (SSSR count). The number of unbranched alkanes of at least 4 members (excludes halogenated alkanes) is 10. The highest BCUT2D eigenvalue weighted by Gasteiger charge is 2.35. The van der Waals surface area contributed by atoms with E-state index in [0.717, 1.165) is 18.5 Å². The average molecular weight is 459 g/mol. The Morgan fingerprint density at radius 3 is 2.03 bits per heavy atom. The van der Waals surface area contributed by atoms with Crippen molar-refractivity contribution in [2.75, 3.05) is 18.6 Å². The van der Waals surface area contributed by atoms with E-state index < -0.39 is 0 Å².